The highest BCUT2D eigenvalue weighted by molar-refractivity contribution is 7.09. The minimum Gasteiger partial charge on any atom is -0.357 e. The number of aromatic amines is 1. The SMILES string of the molecule is Cc1ncsc1CNC1CCCc2c1[nH]c1ccccc21. The van der Waals surface area contributed by atoms with Crippen LogP contribution in [0.5, 0.6) is 0 Å². The number of hydrogen-bond donors (Lipinski definition) is 2. The molecule has 4 heteroatoms. The van der Waals surface area contributed by atoms with E-state index in [1.165, 1.54) is 46.3 Å². The summed E-state index contributed by atoms with van der Waals surface area (Å²) in [5.74, 6) is 0. The highest BCUT2D eigenvalue weighted by atomic mass is 32.1. The lowest BCUT2D eigenvalue weighted by molar-refractivity contribution is 0.453. The molecule has 3 nitrogen and oxygen atoms in total. The zero-order chi connectivity index (χ0) is 14.2. The van der Waals surface area contributed by atoms with Crippen LogP contribution in [0, 0.1) is 6.92 Å². The third-order valence-electron chi connectivity index (χ3n) is 4.47. The zero-order valence-corrected chi connectivity index (χ0v) is 13.0. The molecule has 0 saturated carbocycles. The molecule has 1 atom stereocenters. The molecule has 0 fully saturated rings. The Morgan fingerprint density at radius 2 is 2.29 bits per heavy atom. The van der Waals surface area contributed by atoms with Gasteiger partial charge in [-0.1, -0.05) is 18.2 Å². The molecule has 0 amide bonds. The number of H-pyrrole nitrogens is 1. The van der Waals surface area contributed by atoms with Crippen molar-refractivity contribution >= 4 is 22.2 Å². The molecule has 0 radical (unpaired) electrons. The van der Waals surface area contributed by atoms with Crippen LogP contribution in [0.2, 0.25) is 0 Å². The van der Waals surface area contributed by atoms with Crippen LogP contribution >= 0.6 is 11.3 Å². The molecule has 21 heavy (non-hydrogen) atoms. The Hall–Kier alpha value is -1.65. The normalized spacial score (nSPS) is 18.0. The summed E-state index contributed by atoms with van der Waals surface area (Å²) in [5.41, 5.74) is 7.26. The summed E-state index contributed by atoms with van der Waals surface area (Å²) >= 11 is 1.74. The minimum atomic E-state index is 0.433. The van der Waals surface area contributed by atoms with Crippen molar-refractivity contribution in [2.45, 2.75) is 38.8 Å². The second-order valence-electron chi connectivity index (χ2n) is 5.75. The molecule has 3 aromatic rings. The molecular formula is C17H19N3S. The number of thiazole rings is 1. The van der Waals surface area contributed by atoms with Crippen LogP contribution in [0.3, 0.4) is 0 Å². The molecule has 1 aliphatic rings. The summed E-state index contributed by atoms with van der Waals surface area (Å²) in [6.07, 6.45) is 3.66. The maximum atomic E-state index is 4.33. The fraction of sp³-hybridized carbons (Fsp3) is 0.353. The van der Waals surface area contributed by atoms with Gasteiger partial charge in [0.15, 0.2) is 0 Å². The van der Waals surface area contributed by atoms with Gasteiger partial charge in [-0.15, -0.1) is 11.3 Å². The number of rotatable bonds is 3. The van der Waals surface area contributed by atoms with Crippen LogP contribution in [-0.2, 0) is 13.0 Å². The van der Waals surface area contributed by atoms with E-state index in [9.17, 15) is 0 Å². The van der Waals surface area contributed by atoms with Gasteiger partial charge < -0.3 is 10.3 Å². The average Bonchev–Trinajstić information content (AvgIpc) is 3.09. The molecule has 0 bridgehead atoms. The van der Waals surface area contributed by atoms with Crippen molar-refractivity contribution in [3.05, 3.63) is 51.6 Å². The average molecular weight is 297 g/mol. The summed E-state index contributed by atoms with van der Waals surface area (Å²) < 4.78 is 0. The van der Waals surface area contributed by atoms with Gasteiger partial charge in [0.25, 0.3) is 0 Å². The Kier molecular flexibility index (Phi) is 3.28. The van der Waals surface area contributed by atoms with Gasteiger partial charge in [0.1, 0.15) is 0 Å². The fourth-order valence-corrected chi connectivity index (χ4v) is 4.06. The van der Waals surface area contributed by atoms with Crippen molar-refractivity contribution < 1.29 is 0 Å². The fourth-order valence-electron chi connectivity index (χ4n) is 3.33. The van der Waals surface area contributed by atoms with Gasteiger partial charge >= 0.3 is 0 Å². The molecule has 2 heterocycles. The Morgan fingerprint density at radius 1 is 1.38 bits per heavy atom. The zero-order valence-electron chi connectivity index (χ0n) is 12.1. The Bertz CT molecular complexity index is 771. The van der Waals surface area contributed by atoms with Crippen LogP contribution in [0.4, 0.5) is 0 Å². The molecule has 2 aromatic heterocycles. The summed E-state index contributed by atoms with van der Waals surface area (Å²) in [6.45, 7) is 3.00. The lowest BCUT2D eigenvalue weighted by Gasteiger charge is -2.23. The number of aryl methyl sites for hydroxylation is 2. The van der Waals surface area contributed by atoms with E-state index in [0.29, 0.717) is 6.04 Å². The number of nitrogens with one attached hydrogen (secondary N) is 2. The van der Waals surface area contributed by atoms with Crippen molar-refractivity contribution in [1.29, 1.82) is 0 Å². The van der Waals surface area contributed by atoms with Gasteiger partial charge in [-0.05, 0) is 37.8 Å². The van der Waals surface area contributed by atoms with Crippen molar-refractivity contribution in [2.24, 2.45) is 0 Å². The van der Waals surface area contributed by atoms with E-state index in [-0.39, 0.29) is 0 Å². The van der Waals surface area contributed by atoms with E-state index in [1.54, 1.807) is 11.3 Å². The number of hydrogen-bond acceptors (Lipinski definition) is 3. The third kappa shape index (κ3) is 2.28. The van der Waals surface area contributed by atoms with Gasteiger partial charge in [-0.2, -0.15) is 0 Å². The number of aromatic nitrogens is 2. The summed E-state index contributed by atoms with van der Waals surface area (Å²) in [4.78, 5) is 9.31. The molecule has 108 valence electrons. The Labute approximate surface area is 128 Å². The van der Waals surface area contributed by atoms with Crippen LogP contribution in [-0.4, -0.2) is 9.97 Å². The highest BCUT2D eigenvalue weighted by Gasteiger charge is 2.23. The van der Waals surface area contributed by atoms with Gasteiger partial charge in [0, 0.05) is 34.1 Å². The van der Waals surface area contributed by atoms with E-state index in [1.807, 2.05) is 5.51 Å². The number of nitrogens with zero attached hydrogens (tertiary/aromatic N) is 1. The maximum absolute atomic E-state index is 4.33. The Balaban J connectivity index is 1.62. The number of fused-ring (bicyclic) bond motifs is 3. The van der Waals surface area contributed by atoms with Gasteiger partial charge in [-0.25, -0.2) is 4.98 Å². The second-order valence-corrected chi connectivity index (χ2v) is 6.69. The monoisotopic (exact) mass is 297 g/mol. The van der Waals surface area contributed by atoms with Crippen molar-refractivity contribution in [2.75, 3.05) is 0 Å². The Morgan fingerprint density at radius 3 is 3.14 bits per heavy atom. The predicted octanol–water partition coefficient (Wildman–Crippen LogP) is 4.10. The van der Waals surface area contributed by atoms with Gasteiger partial charge in [-0.3, -0.25) is 0 Å². The molecule has 0 spiro atoms. The maximum Gasteiger partial charge on any atom is 0.0798 e. The molecule has 1 aliphatic carbocycles. The van der Waals surface area contributed by atoms with E-state index < -0.39 is 0 Å². The van der Waals surface area contributed by atoms with Crippen LogP contribution in [0.1, 0.15) is 40.7 Å². The van der Waals surface area contributed by atoms with E-state index in [2.05, 4.69) is 46.5 Å². The van der Waals surface area contributed by atoms with E-state index >= 15 is 0 Å². The topological polar surface area (TPSA) is 40.7 Å². The quantitative estimate of drug-likeness (QED) is 0.764. The first kappa shape index (κ1) is 13.0. The number of benzene rings is 1. The molecule has 2 N–H and O–H groups in total. The van der Waals surface area contributed by atoms with E-state index in [4.69, 9.17) is 0 Å². The van der Waals surface area contributed by atoms with Crippen LogP contribution in [0.25, 0.3) is 10.9 Å². The molecular weight excluding hydrogens is 278 g/mol. The van der Waals surface area contributed by atoms with Crippen molar-refractivity contribution in [1.82, 2.24) is 15.3 Å². The standard InChI is InChI=1S/C17H19N3S/c1-11-16(21-10-19-11)9-18-15-8-4-6-13-12-5-2-3-7-14(12)20-17(13)15/h2-3,5,7,10,15,18,20H,4,6,8-9H2,1H3. The lowest BCUT2D eigenvalue weighted by Crippen LogP contribution is -2.24. The van der Waals surface area contributed by atoms with Gasteiger partial charge in [0.2, 0.25) is 0 Å². The molecule has 1 aromatic carbocycles. The van der Waals surface area contributed by atoms with Crippen molar-refractivity contribution in [3.8, 4) is 0 Å². The first-order valence-electron chi connectivity index (χ1n) is 7.55. The first-order chi connectivity index (χ1) is 10.3. The predicted molar refractivity (Wildman–Crippen MR) is 87.7 cm³/mol. The minimum absolute atomic E-state index is 0.433. The summed E-state index contributed by atoms with van der Waals surface area (Å²) in [6, 6.07) is 9.09. The highest BCUT2D eigenvalue weighted by Crippen LogP contribution is 2.34. The number of para-hydroxylation sites is 1. The summed E-state index contributed by atoms with van der Waals surface area (Å²) in [5, 5.41) is 5.12. The molecule has 4 rings (SSSR count). The molecule has 0 aliphatic heterocycles. The van der Waals surface area contributed by atoms with Gasteiger partial charge in [0.05, 0.1) is 11.2 Å². The van der Waals surface area contributed by atoms with Crippen molar-refractivity contribution in [3.63, 3.8) is 0 Å². The second kappa shape index (κ2) is 5.28. The molecule has 1 unspecified atom stereocenters. The smallest absolute Gasteiger partial charge is 0.0798 e. The largest absolute Gasteiger partial charge is 0.357 e. The third-order valence-corrected chi connectivity index (χ3v) is 5.40. The lowest BCUT2D eigenvalue weighted by atomic mass is 9.91. The first-order valence-corrected chi connectivity index (χ1v) is 8.42. The van der Waals surface area contributed by atoms with Crippen LogP contribution in [0.15, 0.2) is 29.8 Å². The van der Waals surface area contributed by atoms with Crippen LogP contribution < -0.4 is 5.32 Å². The molecule has 0 saturated heterocycles. The summed E-state index contributed by atoms with van der Waals surface area (Å²) in [7, 11) is 0. The van der Waals surface area contributed by atoms with E-state index in [0.717, 1.165) is 12.2 Å².